The third-order valence-electron chi connectivity index (χ3n) is 7.72. The number of carbonyl (C=O) groups is 2. The fourth-order valence-electron chi connectivity index (χ4n) is 6.04. The highest BCUT2D eigenvalue weighted by molar-refractivity contribution is 6.02. The molecule has 0 bridgehead atoms. The number of hydrogen-bond donors (Lipinski definition) is 1. The lowest BCUT2D eigenvalue weighted by atomic mass is 9.73. The molecular weight excluding hydrogens is 468 g/mol. The van der Waals surface area contributed by atoms with Crippen LogP contribution >= 0.6 is 0 Å². The maximum Gasteiger partial charge on any atom is 0.269 e. The number of carbonyl (C=O) groups excluding carboxylic acids is 2. The molecule has 2 aromatic carbocycles. The average Bonchev–Trinajstić information content (AvgIpc) is 2.98. The minimum atomic E-state index is -0.624. The van der Waals surface area contributed by atoms with Gasteiger partial charge in [-0.25, -0.2) is 0 Å². The van der Waals surface area contributed by atoms with Gasteiger partial charge in [-0.3, -0.25) is 19.7 Å². The number of nitrogens with one attached hydrogen (secondary N) is 1. The summed E-state index contributed by atoms with van der Waals surface area (Å²) in [5, 5.41) is 15.2. The minimum absolute atomic E-state index is 0.00409. The molecule has 1 saturated heterocycles. The van der Waals surface area contributed by atoms with E-state index in [1.54, 1.807) is 6.07 Å². The highest BCUT2D eigenvalue weighted by atomic mass is 16.6. The van der Waals surface area contributed by atoms with Crippen LogP contribution in [0.15, 0.2) is 59.8 Å². The number of nitrogens with zero attached hydrogens (tertiary/aromatic N) is 3. The van der Waals surface area contributed by atoms with Gasteiger partial charge < -0.3 is 15.1 Å². The number of ketones is 1. The fourth-order valence-corrected chi connectivity index (χ4v) is 6.04. The van der Waals surface area contributed by atoms with E-state index in [0.717, 1.165) is 43.0 Å². The number of hydrogen-bond acceptors (Lipinski definition) is 6. The van der Waals surface area contributed by atoms with E-state index in [2.05, 4.69) is 26.1 Å². The second-order valence-corrected chi connectivity index (χ2v) is 11.4. The first kappa shape index (κ1) is 25.0. The molecule has 194 valence electrons. The molecule has 3 aliphatic rings. The van der Waals surface area contributed by atoms with Crippen molar-refractivity contribution in [3.63, 3.8) is 0 Å². The van der Waals surface area contributed by atoms with Crippen LogP contribution in [0.1, 0.15) is 58.1 Å². The molecule has 1 aliphatic carbocycles. The summed E-state index contributed by atoms with van der Waals surface area (Å²) in [4.78, 5) is 42.6. The molecule has 5 rings (SSSR count). The number of likely N-dealkylation sites (tertiary alicyclic amines) is 1. The lowest BCUT2D eigenvalue weighted by Gasteiger charge is -2.39. The first-order valence-corrected chi connectivity index (χ1v) is 13.0. The molecular formula is C29H34N4O4. The predicted octanol–water partition coefficient (Wildman–Crippen LogP) is 5.47. The number of allylic oxidation sites excluding steroid dienone is 1. The van der Waals surface area contributed by atoms with E-state index in [0.29, 0.717) is 29.9 Å². The first-order valence-electron chi connectivity index (χ1n) is 13.0. The SMILES string of the molecule is CC1CCCN(C(=O)CN2c3ccccc3NC3=C(C(=O)CC(C)(C)C3)C2c2cccc([N+](=O)[O-])c2)C1. The van der Waals surface area contributed by atoms with Crippen LogP contribution in [0, 0.1) is 21.4 Å². The largest absolute Gasteiger partial charge is 0.357 e. The Morgan fingerprint density at radius 2 is 1.95 bits per heavy atom. The van der Waals surface area contributed by atoms with E-state index >= 15 is 0 Å². The zero-order valence-electron chi connectivity index (χ0n) is 21.7. The fraction of sp³-hybridized carbons (Fsp3) is 0.448. The van der Waals surface area contributed by atoms with Crippen LogP contribution in [-0.2, 0) is 9.59 Å². The Balaban J connectivity index is 1.67. The molecule has 2 aromatic rings. The molecule has 8 heteroatoms. The third kappa shape index (κ3) is 4.97. The highest BCUT2D eigenvalue weighted by Crippen LogP contribution is 2.48. The van der Waals surface area contributed by atoms with Gasteiger partial charge in [0.2, 0.25) is 5.91 Å². The van der Waals surface area contributed by atoms with Crippen LogP contribution in [0.25, 0.3) is 0 Å². The molecule has 2 atom stereocenters. The number of anilines is 2. The monoisotopic (exact) mass is 502 g/mol. The third-order valence-corrected chi connectivity index (χ3v) is 7.72. The number of non-ortho nitro benzene ring substituents is 1. The van der Waals surface area contributed by atoms with Gasteiger partial charge in [0, 0.05) is 42.9 Å². The van der Waals surface area contributed by atoms with Crippen molar-refractivity contribution < 1.29 is 14.5 Å². The Morgan fingerprint density at radius 1 is 1.16 bits per heavy atom. The van der Waals surface area contributed by atoms with Crippen molar-refractivity contribution in [2.24, 2.45) is 11.3 Å². The van der Waals surface area contributed by atoms with E-state index in [9.17, 15) is 19.7 Å². The molecule has 0 radical (unpaired) electrons. The number of Topliss-reactive ketones (excluding diaryl/α,β-unsaturated/α-hetero) is 1. The van der Waals surface area contributed by atoms with E-state index in [4.69, 9.17) is 0 Å². The van der Waals surface area contributed by atoms with Crippen LogP contribution in [0.2, 0.25) is 0 Å². The summed E-state index contributed by atoms with van der Waals surface area (Å²) in [6.45, 7) is 7.83. The minimum Gasteiger partial charge on any atom is -0.357 e. The van der Waals surface area contributed by atoms with Crippen molar-refractivity contribution in [2.45, 2.75) is 52.5 Å². The Morgan fingerprint density at radius 3 is 2.70 bits per heavy atom. The molecule has 37 heavy (non-hydrogen) atoms. The predicted molar refractivity (Wildman–Crippen MR) is 143 cm³/mol. The van der Waals surface area contributed by atoms with Crippen LogP contribution in [0.4, 0.5) is 17.1 Å². The number of fused-ring (bicyclic) bond motifs is 1. The number of piperidine rings is 1. The standard InChI is InChI=1S/C29H34N4O4/c1-19-8-7-13-31(17-19)26(35)18-32-24-12-5-4-11-22(24)30-23-15-29(2,3)16-25(34)27(23)28(32)20-9-6-10-21(14-20)33(36)37/h4-6,9-12,14,19,28,30H,7-8,13,15-18H2,1-3H3. The Labute approximate surface area is 217 Å². The quantitative estimate of drug-likeness (QED) is 0.440. The van der Waals surface area contributed by atoms with Crippen molar-refractivity contribution in [1.29, 1.82) is 0 Å². The molecule has 0 aromatic heterocycles. The lowest BCUT2D eigenvalue weighted by Crippen LogP contribution is -2.46. The zero-order valence-corrected chi connectivity index (χ0v) is 21.7. The molecule has 1 amide bonds. The topological polar surface area (TPSA) is 95.8 Å². The van der Waals surface area contributed by atoms with Gasteiger partial charge in [0.15, 0.2) is 5.78 Å². The van der Waals surface area contributed by atoms with Gasteiger partial charge in [0.1, 0.15) is 0 Å². The second kappa shape index (κ2) is 9.65. The van der Waals surface area contributed by atoms with Crippen molar-refractivity contribution in [3.8, 4) is 0 Å². The number of nitro benzene ring substituents is 1. The zero-order chi connectivity index (χ0) is 26.3. The van der Waals surface area contributed by atoms with Gasteiger partial charge in [-0.15, -0.1) is 0 Å². The van der Waals surface area contributed by atoms with E-state index < -0.39 is 11.0 Å². The van der Waals surface area contributed by atoms with Gasteiger partial charge in [0.05, 0.1) is 28.9 Å². The number of rotatable bonds is 4. The highest BCUT2D eigenvalue weighted by Gasteiger charge is 2.42. The molecule has 2 unspecified atom stereocenters. The molecule has 0 spiro atoms. The van der Waals surface area contributed by atoms with Crippen molar-refractivity contribution in [3.05, 3.63) is 75.5 Å². The van der Waals surface area contributed by atoms with Crippen molar-refractivity contribution in [1.82, 2.24) is 4.90 Å². The smallest absolute Gasteiger partial charge is 0.269 e. The summed E-state index contributed by atoms with van der Waals surface area (Å²) < 4.78 is 0. The molecule has 1 fully saturated rings. The summed E-state index contributed by atoms with van der Waals surface area (Å²) in [6, 6.07) is 13.6. The van der Waals surface area contributed by atoms with Crippen molar-refractivity contribution >= 4 is 28.8 Å². The molecule has 8 nitrogen and oxygen atoms in total. The van der Waals surface area contributed by atoms with E-state index in [1.165, 1.54) is 12.1 Å². The van der Waals surface area contributed by atoms with Gasteiger partial charge in [-0.2, -0.15) is 0 Å². The Kier molecular flexibility index (Phi) is 6.52. The summed E-state index contributed by atoms with van der Waals surface area (Å²) in [5.41, 5.74) is 3.42. The number of benzene rings is 2. The van der Waals surface area contributed by atoms with Gasteiger partial charge in [-0.05, 0) is 48.3 Å². The lowest BCUT2D eigenvalue weighted by molar-refractivity contribution is -0.384. The number of amides is 1. The van der Waals surface area contributed by atoms with Crippen LogP contribution < -0.4 is 10.2 Å². The summed E-state index contributed by atoms with van der Waals surface area (Å²) >= 11 is 0. The number of para-hydroxylation sites is 2. The maximum absolute atomic E-state index is 13.8. The first-order chi connectivity index (χ1) is 17.6. The average molecular weight is 503 g/mol. The molecule has 2 aliphatic heterocycles. The maximum atomic E-state index is 13.8. The number of nitro groups is 1. The van der Waals surface area contributed by atoms with Crippen LogP contribution in [-0.4, -0.2) is 41.1 Å². The van der Waals surface area contributed by atoms with Crippen LogP contribution in [0.3, 0.4) is 0 Å². The molecule has 2 heterocycles. The van der Waals surface area contributed by atoms with Crippen LogP contribution in [0.5, 0.6) is 0 Å². The van der Waals surface area contributed by atoms with Crippen molar-refractivity contribution in [2.75, 3.05) is 29.9 Å². The Hall–Kier alpha value is -3.68. The normalized spacial score (nSPS) is 23.1. The van der Waals surface area contributed by atoms with Gasteiger partial charge in [0.25, 0.3) is 5.69 Å². The van der Waals surface area contributed by atoms with E-state index in [1.807, 2.05) is 40.1 Å². The Bertz CT molecular complexity index is 1280. The van der Waals surface area contributed by atoms with E-state index in [-0.39, 0.29) is 29.3 Å². The van der Waals surface area contributed by atoms with Gasteiger partial charge in [-0.1, -0.05) is 45.0 Å². The molecule has 0 saturated carbocycles. The summed E-state index contributed by atoms with van der Waals surface area (Å²) in [5.74, 6) is 0.455. The molecule has 1 N–H and O–H groups in total. The summed E-state index contributed by atoms with van der Waals surface area (Å²) in [7, 11) is 0. The van der Waals surface area contributed by atoms with Gasteiger partial charge >= 0.3 is 0 Å². The summed E-state index contributed by atoms with van der Waals surface area (Å²) in [6.07, 6.45) is 3.12. The second-order valence-electron chi connectivity index (χ2n) is 11.4.